The first-order valence-corrected chi connectivity index (χ1v) is 8.31. The lowest BCUT2D eigenvalue weighted by Gasteiger charge is -2.16. The van der Waals surface area contributed by atoms with E-state index in [2.05, 4.69) is 5.32 Å². The van der Waals surface area contributed by atoms with Gasteiger partial charge in [0.25, 0.3) is 5.91 Å². The van der Waals surface area contributed by atoms with Crippen LogP contribution in [-0.2, 0) is 20.7 Å². The minimum Gasteiger partial charge on any atom is -0.452 e. The van der Waals surface area contributed by atoms with Gasteiger partial charge in [-0.05, 0) is 31.0 Å². The van der Waals surface area contributed by atoms with Gasteiger partial charge in [-0.2, -0.15) is 0 Å². The van der Waals surface area contributed by atoms with E-state index >= 15 is 0 Å². The minimum atomic E-state index is -1.27. The molecule has 5 nitrogen and oxygen atoms in total. The van der Waals surface area contributed by atoms with Crippen molar-refractivity contribution in [1.29, 1.82) is 0 Å². The smallest absolute Gasteiger partial charge is 0.340 e. The van der Waals surface area contributed by atoms with Crippen molar-refractivity contribution in [3.63, 3.8) is 0 Å². The van der Waals surface area contributed by atoms with Crippen LogP contribution >= 0.6 is 11.6 Å². The molecule has 0 aliphatic carbocycles. The summed E-state index contributed by atoms with van der Waals surface area (Å²) < 4.78 is 31.0. The molecule has 8 heteroatoms. The lowest BCUT2D eigenvalue weighted by molar-refractivity contribution is -0.128. The Morgan fingerprint density at radius 1 is 1.11 bits per heavy atom. The third-order valence-corrected chi connectivity index (χ3v) is 3.99. The molecule has 1 N–H and O–H groups in total. The summed E-state index contributed by atoms with van der Waals surface area (Å²) in [4.78, 5) is 35.6. The average molecular weight is 396 g/mol. The lowest BCUT2D eigenvalue weighted by Crippen LogP contribution is -2.43. The van der Waals surface area contributed by atoms with Gasteiger partial charge in [-0.15, -0.1) is 0 Å². The molecule has 0 spiro atoms. The molecule has 0 fully saturated rings. The van der Waals surface area contributed by atoms with Gasteiger partial charge in [0.15, 0.2) is 24.0 Å². The van der Waals surface area contributed by atoms with Crippen LogP contribution in [0, 0.1) is 11.6 Å². The molecular weight excluding hydrogens is 380 g/mol. The van der Waals surface area contributed by atoms with Crippen LogP contribution in [0.25, 0.3) is 0 Å². The number of esters is 1. The van der Waals surface area contributed by atoms with Crippen molar-refractivity contribution in [3.05, 3.63) is 70.2 Å². The molecule has 2 aromatic carbocycles. The number of nitrogens with one attached hydrogen (secondary N) is 1. The van der Waals surface area contributed by atoms with E-state index in [1.807, 2.05) is 30.3 Å². The second kappa shape index (κ2) is 9.23. The number of halogens is 3. The van der Waals surface area contributed by atoms with Crippen molar-refractivity contribution < 1.29 is 27.9 Å². The van der Waals surface area contributed by atoms with Gasteiger partial charge < -0.3 is 10.1 Å². The molecule has 0 saturated carbocycles. The Labute approximate surface area is 159 Å². The maximum Gasteiger partial charge on any atom is 0.340 e. The van der Waals surface area contributed by atoms with E-state index in [0.29, 0.717) is 12.1 Å². The van der Waals surface area contributed by atoms with Gasteiger partial charge in [0, 0.05) is 0 Å². The van der Waals surface area contributed by atoms with Gasteiger partial charge >= 0.3 is 5.97 Å². The second-order valence-corrected chi connectivity index (χ2v) is 6.15. The van der Waals surface area contributed by atoms with Crippen molar-refractivity contribution in [3.8, 4) is 0 Å². The first kappa shape index (κ1) is 20.5. The van der Waals surface area contributed by atoms with Gasteiger partial charge in [0.1, 0.15) is 0 Å². The highest BCUT2D eigenvalue weighted by Crippen LogP contribution is 2.20. The molecule has 2 aromatic rings. The van der Waals surface area contributed by atoms with Gasteiger partial charge in [-0.3, -0.25) is 9.59 Å². The highest BCUT2D eigenvalue weighted by Gasteiger charge is 2.20. The predicted octanol–water partition coefficient (Wildman–Crippen LogP) is 3.09. The first-order valence-electron chi connectivity index (χ1n) is 7.93. The number of hydrogen-bond acceptors (Lipinski definition) is 4. The molecule has 0 unspecified atom stereocenters. The number of ether oxygens (including phenoxy) is 1. The Hall–Kier alpha value is -2.80. The fourth-order valence-corrected chi connectivity index (χ4v) is 2.50. The zero-order valence-corrected chi connectivity index (χ0v) is 15.1. The third-order valence-electron chi connectivity index (χ3n) is 3.67. The number of amides is 1. The Morgan fingerprint density at radius 3 is 2.37 bits per heavy atom. The molecule has 142 valence electrons. The Morgan fingerprint density at radius 2 is 1.74 bits per heavy atom. The zero-order valence-electron chi connectivity index (χ0n) is 14.3. The molecule has 0 aliphatic heterocycles. The Kier molecular flexibility index (Phi) is 7.01. The molecule has 0 aromatic heterocycles. The molecule has 27 heavy (non-hydrogen) atoms. The van der Waals surface area contributed by atoms with Crippen molar-refractivity contribution >= 4 is 29.3 Å². The number of ketones is 1. The van der Waals surface area contributed by atoms with E-state index in [9.17, 15) is 23.2 Å². The van der Waals surface area contributed by atoms with Crippen LogP contribution in [0.2, 0.25) is 5.02 Å². The predicted molar refractivity (Wildman–Crippen MR) is 94.4 cm³/mol. The topological polar surface area (TPSA) is 72.5 Å². The van der Waals surface area contributed by atoms with Crippen LogP contribution in [0.5, 0.6) is 0 Å². The molecule has 0 saturated heterocycles. The molecule has 0 radical (unpaired) electrons. The molecular formula is C19H16ClF2NO4. The standard InChI is InChI=1S/C19H16ClF2NO4/c1-11(24)17(7-12-5-3-2-4-6-12)23-18(25)10-27-19(26)13-8-15(21)16(22)9-14(13)20/h2-6,8-9,17H,7,10H2,1H3,(H,23,25)/t17-/m0/s1. The average Bonchev–Trinajstić information content (AvgIpc) is 2.63. The quantitative estimate of drug-likeness (QED) is 0.577. The summed E-state index contributed by atoms with van der Waals surface area (Å²) in [5.41, 5.74) is 0.444. The fraction of sp³-hybridized carbons (Fsp3) is 0.211. The molecule has 0 aliphatic rings. The number of carbonyl (C=O) groups is 3. The van der Waals surface area contributed by atoms with Gasteiger partial charge in [0.05, 0.1) is 16.6 Å². The van der Waals surface area contributed by atoms with Crippen LogP contribution in [-0.4, -0.2) is 30.3 Å². The minimum absolute atomic E-state index is 0.262. The van der Waals surface area contributed by atoms with E-state index in [1.54, 1.807) is 0 Å². The molecule has 2 rings (SSSR count). The summed E-state index contributed by atoms with van der Waals surface area (Å²) in [6, 6.07) is 9.51. The van der Waals surface area contributed by atoms with Crippen LogP contribution < -0.4 is 5.32 Å². The van der Waals surface area contributed by atoms with E-state index in [0.717, 1.165) is 5.56 Å². The third kappa shape index (κ3) is 5.86. The fourth-order valence-electron chi connectivity index (χ4n) is 2.27. The maximum absolute atomic E-state index is 13.2. The number of rotatable bonds is 7. The zero-order chi connectivity index (χ0) is 20.0. The van der Waals surface area contributed by atoms with Gasteiger partial charge in [-0.1, -0.05) is 41.9 Å². The molecule has 0 heterocycles. The number of benzene rings is 2. The molecule has 0 bridgehead atoms. The Bertz CT molecular complexity index is 858. The second-order valence-electron chi connectivity index (χ2n) is 5.74. The highest BCUT2D eigenvalue weighted by molar-refractivity contribution is 6.33. The number of Topliss-reactive ketones (excluding diaryl/α,β-unsaturated/α-hetero) is 1. The van der Waals surface area contributed by atoms with E-state index in [4.69, 9.17) is 16.3 Å². The van der Waals surface area contributed by atoms with Crippen LogP contribution in [0.15, 0.2) is 42.5 Å². The molecule has 1 amide bonds. The first-order chi connectivity index (χ1) is 12.8. The normalized spacial score (nSPS) is 11.6. The summed E-state index contributed by atoms with van der Waals surface area (Å²) in [5.74, 6) is -4.54. The van der Waals surface area contributed by atoms with Crippen LogP contribution in [0.1, 0.15) is 22.8 Å². The summed E-state index contributed by atoms with van der Waals surface area (Å²) in [6.07, 6.45) is 0.283. The Balaban J connectivity index is 1.95. The van der Waals surface area contributed by atoms with E-state index in [1.165, 1.54) is 6.92 Å². The lowest BCUT2D eigenvalue weighted by atomic mass is 10.0. The maximum atomic E-state index is 13.2. The number of carbonyl (C=O) groups excluding carboxylic acids is 3. The largest absolute Gasteiger partial charge is 0.452 e. The highest BCUT2D eigenvalue weighted by atomic mass is 35.5. The summed E-state index contributed by atoms with van der Waals surface area (Å²) in [6.45, 7) is 0.633. The van der Waals surface area contributed by atoms with Gasteiger partial charge in [-0.25, -0.2) is 13.6 Å². The summed E-state index contributed by atoms with van der Waals surface area (Å²) in [7, 11) is 0. The van der Waals surface area contributed by atoms with Crippen molar-refractivity contribution in [2.24, 2.45) is 0 Å². The SMILES string of the molecule is CC(=O)[C@H](Cc1ccccc1)NC(=O)COC(=O)c1cc(F)c(F)cc1Cl. The summed E-state index contributed by atoms with van der Waals surface area (Å²) in [5, 5.41) is 2.13. The summed E-state index contributed by atoms with van der Waals surface area (Å²) >= 11 is 5.68. The van der Waals surface area contributed by atoms with Crippen molar-refractivity contribution in [1.82, 2.24) is 5.32 Å². The van der Waals surface area contributed by atoms with Crippen molar-refractivity contribution in [2.75, 3.05) is 6.61 Å². The monoisotopic (exact) mass is 395 g/mol. The van der Waals surface area contributed by atoms with Crippen molar-refractivity contribution in [2.45, 2.75) is 19.4 Å². The van der Waals surface area contributed by atoms with Crippen LogP contribution in [0.4, 0.5) is 8.78 Å². The van der Waals surface area contributed by atoms with E-state index in [-0.39, 0.29) is 17.2 Å². The number of hydrogen-bond donors (Lipinski definition) is 1. The van der Waals surface area contributed by atoms with E-state index < -0.39 is 41.7 Å². The van der Waals surface area contributed by atoms with Crippen LogP contribution in [0.3, 0.4) is 0 Å². The van der Waals surface area contributed by atoms with Gasteiger partial charge in [0.2, 0.25) is 0 Å². The molecule has 1 atom stereocenters.